The quantitative estimate of drug-likeness (QED) is 0.394. The van der Waals surface area contributed by atoms with Gasteiger partial charge in [-0.1, -0.05) is 0 Å². The molecule has 0 amide bonds. The van der Waals surface area contributed by atoms with Crippen LogP contribution in [0.25, 0.3) is 0 Å². The summed E-state index contributed by atoms with van der Waals surface area (Å²) in [6.45, 7) is 0. The molecule has 0 heterocycles. The van der Waals surface area contributed by atoms with Crippen molar-refractivity contribution in [3.63, 3.8) is 0 Å². The van der Waals surface area contributed by atoms with Crippen LogP contribution in [-0.2, 0) is 36.8 Å². The molecule has 0 aliphatic heterocycles. The Kier molecular flexibility index (Phi) is 12.0. The van der Waals surface area contributed by atoms with E-state index in [0.29, 0.717) is 0 Å². The Morgan fingerprint density at radius 3 is 0.909 bits per heavy atom. The molecule has 0 N–H and O–H groups in total. The first kappa shape index (κ1) is 19.1. The second-order valence-corrected chi connectivity index (χ2v) is 3.92. The van der Waals surface area contributed by atoms with Crippen molar-refractivity contribution in [2.75, 3.05) is 0 Å². The smallest absolute Gasteiger partial charge is 0.862 e. The van der Waals surface area contributed by atoms with Gasteiger partial charge in [-0.3, -0.25) is 0 Å². The van der Waals surface area contributed by atoms with E-state index in [2.05, 4.69) is 4.12 Å². The summed E-state index contributed by atoms with van der Waals surface area (Å²) in [6.07, 6.45) is 0. The zero-order valence-corrected chi connectivity index (χ0v) is 11.2. The summed E-state index contributed by atoms with van der Waals surface area (Å²) >= 11 is 0. The third kappa shape index (κ3) is 19.1. The van der Waals surface area contributed by atoms with Gasteiger partial charge in [0, 0.05) is 0 Å². The molecule has 0 saturated carbocycles. The molecule has 11 heteroatoms. The summed E-state index contributed by atoms with van der Waals surface area (Å²) in [5.41, 5.74) is 0. The summed E-state index contributed by atoms with van der Waals surface area (Å²) in [4.78, 5) is 56.2. The SMILES string of the molecule is [Lu+3].[O-][Si]([O-])([O-])O[Si]([O-])([O-])[O-].[Y+3]. The summed E-state index contributed by atoms with van der Waals surface area (Å²) in [7, 11) is -11.8. The summed E-state index contributed by atoms with van der Waals surface area (Å²) in [5.74, 6) is 0. The zero-order chi connectivity index (χ0) is 7.71. The van der Waals surface area contributed by atoms with Gasteiger partial charge in [0.25, 0.3) is 0 Å². The van der Waals surface area contributed by atoms with E-state index in [9.17, 15) is 28.8 Å². The van der Waals surface area contributed by atoms with E-state index in [4.69, 9.17) is 0 Å². The molecule has 0 aliphatic carbocycles. The zero-order valence-electron chi connectivity index (χ0n) is 4.69. The summed E-state index contributed by atoms with van der Waals surface area (Å²) in [5, 5.41) is 0. The number of hydrogen-bond acceptors (Lipinski definition) is 7. The second kappa shape index (κ2) is 6.87. The molecular formula is LuO7Si2Y. The molecule has 0 fully saturated rings. The molecular weight excluding hydrogens is 432 g/mol. The van der Waals surface area contributed by atoms with Crippen molar-refractivity contribution in [1.82, 2.24) is 0 Å². The third-order valence-corrected chi connectivity index (χ3v) is 2.25. The second-order valence-electron chi connectivity index (χ2n) is 1.10. The van der Waals surface area contributed by atoms with Gasteiger partial charge < -0.3 is 32.9 Å². The fourth-order valence-electron chi connectivity index (χ4n) is 0.153. The Bertz CT molecular complexity index is 81.6. The first-order valence-corrected chi connectivity index (χ1v) is 4.90. The monoisotopic (exact) mass is 432 g/mol. The van der Waals surface area contributed by atoms with E-state index >= 15 is 0 Å². The average Bonchev–Trinajstić information content (AvgIpc) is 1.14. The molecule has 0 atom stereocenters. The Hall–Kier alpha value is 2.49. The summed E-state index contributed by atoms with van der Waals surface area (Å²) in [6, 6.07) is 0. The van der Waals surface area contributed by atoms with E-state index in [-0.39, 0.29) is 69.6 Å². The maximum atomic E-state index is 9.36. The van der Waals surface area contributed by atoms with Gasteiger partial charge in [-0.05, 0) is 0 Å². The van der Waals surface area contributed by atoms with Gasteiger partial charge in [0.15, 0.2) is 0 Å². The van der Waals surface area contributed by atoms with Crippen LogP contribution in [0.2, 0.25) is 0 Å². The molecule has 11 heavy (non-hydrogen) atoms. The number of rotatable bonds is 2. The van der Waals surface area contributed by atoms with Crippen molar-refractivity contribution in [2.24, 2.45) is 0 Å². The van der Waals surface area contributed by atoms with Gasteiger partial charge in [0.05, 0.1) is 0 Å². The van der Waals surface area contributed by atoms with E-state index in [0.717, 1.165) is 0 Å². The molecule has 0 aliphatic rings. The van der Waals surface area contributed by atoms with E-state index in [1.807, 2.05) is 0 Å². The molecule has 0 radical (unpaired) electrons. The predicted octanol–water partition coefficient (Wildman–Crippen LogP) is -7.97. The molecule has 0 unspecified atom stereocenters. The van der Waals surface area contributed by atoms with Gasteiger partial charge in [-0.15, -0.1) is 18.1 Å². The van der Waals surface area contributed by atoms with Crippen LogP contribution >= 0.6 is 0 Å². The Morgan fingerprint density at radius 2 is 0.909 bits per heavy atom. The van der Waals surface area contributed by atoms with Crippen LogP contribution in [0.15, 0.2) is 0 Å². The van der Waals surface area contributed by atoms with Crippen LogP contribution in [0.4, 0.5) is 0 Å². The average molecular weight is 432 g/mol. The largest absolute Gasteiger partial charge is 3.00 e. The molecule has 7 nitrogen and oxygen atoms in total. The Labute approximate surface area is 119 Å². The molecule has 0 spiro atoms. The van der Waals surface area contributed by atoms with Crippen molar-refractivity contribution < 1.29 is 102 Å². The Balaban J connectivity index is -0.000000320. The maximum absolute atomic E-state index is 9.36. The van der Waals surface area contributed by atoms with Crippen molar-refractivity contribution in [3.05, 3.63) is 0 Å². The summed E-state index contributed by atoms with van der Waals surface area (Å²) < 4.78 is 2.57. The topological polar surface area (TPSA) is 148 Å². The molecule has 0 saturated heterocycles. The molecule has 0 aromatic heterocycles. The van der Waals surface area contributed by atoms with Crippen molar-refractivity contribution >= 4 is 18.1 Å². The van der Waals surface area contributed by atoms with Gasteiger partial charge in [0.2, 0.25) is 0 Å². The third-order valence-electron chi connectivity index (χ3n) is 0.250. The molecule has 0 bridgehead atoms. The van der Waals surface area contributed by atoms with Gasteiger partial charge in [0.1, 0.15) is 0 Å². The van der Waals surface area contributed by atoms with Crippen molar-refractivity contribution in [3.8, 4) is 0 Å². The van der Waals surface area contributed by atoms with E-state index in [1.165, 1.54) is 0 Å². The maximum Gasteiger partial charge on any atom is 3.00 e. The van der Waals surface area contributed by atoms with Crippen LogP contribution in [0.1, 0.15) is 0 Å². The van der Waals surface area contributed by atoms with Crippen LogP contribution < -0.4 is 28.8 Å². The molecule has 0 rings (SSSR count). The van der Waals surface area contributed by atoms with Crippen LogP contribution in [0, 0.1) is 36.9 Å². The molecule has 68 valence electrons. The van der Waals surface area contributed by atoms with Crippen molar-refractivity contribution in [2.45, 2.75) is 0 Å². The van der Waals surface area contributed by atoms with Gasteiger partial charge in [-0.25, -0.2) is 0 Å². The number of hydrogen-bond donors (Lipinski definition) is 0. The van der Waals surface area contributed by atoms with Crippen molar-refractivity contribution in [1.29, 1.82) is 0 Å². The minimum absolute atomic E-state index is 0. The van der Waals surface area contributed by atoms with E-state index < -0.39 is 18.1 Å². The van der Waals surface area contributed by atoms with Gasteiger partial charge >= 0.3 is 69.6 Å². The first-order valence-electron chi connectivity index (χ1n) is 1.63. The van der Waals surface area contributed by atoms with E-state index in [1.54, 1.807) is 0 Å². The molecule has 0 aromatic carbocycles. The first-order chi connectivity index (χ1) is 3.71. The van der Waals surface area contributed by atoms with Crippen LogP contribution in [0.5, 0.6) is 0 Å². The van der Waals surface area contributed by atoms with Crippen LogP contribution in [-0.4, -0.2) is 18.1 Å². The fourth-order valence-corrected chi connectivity index (χ4v) is 1.38. The minimum Gasteiger partial charge on any atom is -0.862 e. The standard InChI is InChI=1S/Lu.O7Si2.Y/c;1-8(2,3)7-9(4,5)6;/q+3;-6;+3. The van der Waals surface area contributed by atoms with Gasteiger partial charge in [-0.2, -0.15) is 0 Å². The fraction of sp³-hybridized carbons (Fsp3) is 0. The molecule has 0 aromatic rings. The minimum atomic E-state index is -5.92. The predicted molar refractivity (Wildman–Crippen MR) is 12.6 cm³/mol. The normalized spacial score (nSPS) is 11.5. The Morgan fingerprint density at radius 1 is 0.727 bits per heavy atom. The van der Waals surface area contributed by atoms with Crippen LogP contribution in [0.3, 0.4) is 0 Å².